The molecular weight excluding hydrogens is 771 g/mol. The zero-order chi connectivity index (χ0) is 41.7. The third-order valence-electron chi connectivity index (χ3n) is 7.87. The number of ether oxygens (including phenoxy) is 4. The Bertz CT molecular complexity index is 1920. The number of nitro benzene ring substituents is 1. The van der Waals surface area contributed by atoms with Gasteiger partial charge in [0.05, 0.1) is 19.1 Å². The smallest absolute Gasteiger partial charge is 0.423 e. The monoisotopic (exact) mass is 818 g/mol. The molecule has 0 spiro atoms. The van der Waals surface area contributed by atoms with Gasteiger partial charge in [-0.05, 0) is 93.6 Å². The van der Waals surface area contributed by atoms with E-state index in [0.29, 0.717) is 30.0 Å². The van der Waals surface area contributed by atoms with Gasteiger partial charge >= 0.3 is 18.2 Å². The number of nitro groups is 1. The standard InChI is InChI=1S/C37H48Cl2N8O9/c1-36(2,3)55-34(49)45(24-15-12-22(18-25(24)47(51)52)40-16-11-17-43(7)8)29-20-28(41-21-42-29)44(23-13-14-23)33(48)46(35(50)56-37(4,5)6)32-30(38)26(53-9)19-27(54-10)31(32)39/h12,15,18-21,23,40H,11,13-14,16-17H2,1-10H3. The van der Waals surface area contributed by atoms with Crippen LogP contribution in [0.1, 0.15) is 60.8 Å². The summed E-state index contributed by atoms with van der Waals surface area (Å²) in [5.41, 5.74) is -2.47. The summed E-state index contributed by atoms with van der Waals surface area (Å²) in [5.74, 6) is -0.124. The van der Waals surface area contributed by atoms with E-state index in [1.165, 1.54) is 43.4 Å². The molecule has 0 aliphatic heterocycles. The highest BCUT2D eigenvalue weighted by Gasteiger charge is 2.43. The van der Waals surface area contributed by atoms with E-state index in [0.717, 1.165) is 24.2 Å². The van der Waals surface area contributed by atoms with E-state index >= 15 is 0 Å². The summed E-state index contributed by atoms with van der Waals surface area (Å²) in [7, 11) is 6.58. The summed E-state index contributed by atoms with van der Waals surface area (Å²) >= 11 is 13.5. The molecule has 4 rings (SSSR count). The first-order valence-corrected chi connectivity index (χ1v) is 18.4. The van der Waals surface area contributed by atoms with Crippen molar-refractivity contribution in [2.24, 2.45) is 0 Å². The van der Waals surface area contributed by atoms with Gasteiger partial charge in [0.25, 0.3) is 5.69 Å². The van der Waals surface area contributed by atoms with Gasteiger partial charge in [-0.25, -0.2) is 29.3 Å². The number of benzene rings is 2. The summed E-state index contributed by atoms with van der Waals surface area (Å²) in [4.78, 5) is 68.2. The molecule has 0 atom stereocenters. The number of methoxy groups -OCH3 is 2. The maximum absolute atomic E-state index is 14.8. The Hall–Kier alpha value is -5.13. The van der Waals surface area contributed by atoms with E-state index < -0.39 is 46.1 Å². The van der Waals surface area contributed by atoms with Gasteiger partial charge in [-0.1, -0.05) is 23.2 Å². The number of rotatable bonds is 13. The lowest BCUT2D eigenvalue weighted by Crippen LogP contribution is -2.50. The Morgan fingerprint density at radius 2 is 1.46 bits per heavy atom. The van der Waals surface area contributed by atoms with Crippen molar-refractivity contribution >= 4 is 75.8 Å². The fraction of sp³-hybridized carbons (Fsp3) is 0.486. The summed E-state index contributed by atoms with van der Waals surface area (Å²) in [6.07, 6.45) is 0.785. The van der Waals surface area contributed by atoms with Crippen molar-refractivity contribution in [3.63, 3.8) is 0 Å². The highest BCUT2D eigenvalue weighted by Crippen LogP contribution is 2.48. The van der Waals surface area contributed by atoms with Gasteiger partial charge in [-0.15, -0.1) is 0 Å². The number of halogens is 2. The topological polar surface area (TPSA) is 182 Å². The quantitative estimate of drug-likeness (QED) is 0.0983. The fourth-order valence-corrected chi connectivity index (χ4v) is 6.00. The molecule has 1 aliphatic carbocycles. The molecule has 2 aromatic carbocycles. The van der Waals surface area contributed by atoms with Crippen LogP contribution in [-0.4, -0.2) is 96.7 Å². The van der Waals surface area contributed by atoms with Crippen LogP contribution in [0.3, 0.4) is 0 Å². The number of nitrogens with one attached hydrogen (secondary N) is 1. The Labute approximate surface area is 335 Å². The van der Waals surface area contributed by atoms with E-state index in [9.17, 15) is 24.5 Å². The van der Waals surface area contributed by atoms with E-state index in [1.54, 1.807) is 47.6 Å². The van der Waals surface area contributed by atoms with Crippen LogP contribution in [0.5, 0.6) is 11.5 Å². The fourth-order valence-electron chi connectivity index (χ4n) is 5.33. The molecule has 19 heteroatoms. The number of hydrogen-bond donors (Lipinski definition) is 1. The average molecular weight is 820 g/mol. The molecule has 17 nitrogen and oxygen atoms in total. The van der Waals surface area contributed by atoms with Crippen LogP contribution in [-0.2, 0) is 9.47 Å². The zero-order valence-corrected chi connectivity index (χ0v) is 34.6. The van der Waals surface area contributed by atoms with Crippen molar-refractivity contribution in [1.82, 2.24) is 14.9 Å². The molecule has 1 N–H and O–H groups in total. The predicted molar refractivity (Wildman–Crippen MR) is 214 cm³/mol. The number of carbonyl (C=O) groups is 3. The second-order valence-electron chi connectivity index (χ2n) is 15.1. The first-order valence-electron chi connectivity index (χ1n) is 17.7. The van der Waals surface area contributed by atoms with Crippen molar-refractivity contribution in [3.05, 3.63) is 56.8 Å². The number of urea groups is 1. The molecule has 1 fully saturated rings. The normalized spacial score (nSPS) is 12.8. The van der Waals surface area contributed by atoms with E-state index in [1.807, 2.05) is 19.0 Å². The molecule has 1 heterocycles. The van der Waals surface area contributed by atoms with Crippen LogP contribution in [0, 0.1) is 10.1 Å². The van der Waals surface area contributed by atoms with Crippen LogP contribution in [0.15, 0.2) is 36.7 Å². The van der Waals surface area contributed by atoms with Crippen LogP contribution in [0.2, 0.25) is 10.0 Å². The molecule has 4 amide bonds. The molecule has 56 heavy (non-hydrogen) atoms. The number of aromatic nitrogens is 2. The van der Waals surface area contributed by atoms with Gasteiger partial charge < -0.3 is 29.2 Å². The number of amides is 4. The first kappa shape index (κ1) is 43.6. The van der Waals surface area contributed by atoms with Crippen LogP contribution >= 0.6 is 23.2 Å². The largest absolute Gasteiger partial charge is 0.495 e. The van der Waals surface area contributed by atoms with Gasteiger partial charge in [-0.3, -0.25) is 15.0 Å². The van der Waals surface area contributed by atoms with Crippen molar-refractivity contribution in [2.45, 2.75) is 78.0 Å². The minimum absolute atomic E-state index is 0.0518. The van der Waals surface area contributed by atoms with Crippen LogP contribution in [0.4, 0.5) is 48.8 Å². The maximum Gasteiger partial charge on any atom is 0.423 e. The summed E-state index contributed by atoms with van der Waals surface area (Å²) in [6, 6.07) is 5.57. The molecule has 0 bridgehead atoms. The van der Waals surface area contributed by atoms with Crippen molar-refractivity contribution in [1.29, 1.82) is 0 Å². The number of anilines is 5. The molecule has 0 unspecified atom stereocenters. The van der Waals surface area contributed by atoms with Crippen LogP contribution in [0.25, 0.3) is 0 Å². The highest BCUT2D eigenvalue weighted by molar-refractivity contribution is 6.43. The predicted octanol–water partition coefficient (Wildman–Crippen LogP) is 8.68. The molecule has 1 aliphatic rings. The third kappa shape index (κ3) is 10.8. The Kier molecular flexibility index (Phi) is 13.8. The Morgan fingerprint density at radius 3 is 1.98 bits per heavy atom. The van der Waals surface area contributed by atoms with Gasteiger partial charge in [0.15, 0.2) is 0 Å². The van der Waals surface area contributed by atoms with E-state index in [-0.39, 0.29) is 44.6 Å². The minimum Gasteiger partial charge on any atom is -0.495 e. The average Bonchev–Trinajstić information content (AvgIpc) is 3.93. The van der Waals surface area contributed by atoms with Gasteiger partial charge in [0, 0.05) is 36.5 Å². The lowest BCUT2D eigenvalue weighted by atomic mass is 10.2. The number of carbonyl (C=O) groups excluding carboxylic acids is 3. The molecule has 0 radical (unpaired) electrons. The lowest BCUT2D eigenvalue weighted by molar-refractivity contribution is -0.384. The maximum atomic E-state index is 14.8. The first-order chi connectivity index (χ1) is 26.2. The summed E-state index contributed by atoms with van der Waals surface area (Å²) < 4.78 is 22.2. The third-order valence-corrected chi connectivity index (χ3v) is 8.60. The summed E-state index contributed by atoms with van der Waals surface area (Å²) in [6.45, 7) is 11.2. The number of hydrogen-bond acceptors (Lipinski definition) is 13. The van der Waals surface area contributed by atoms with Crippen molar-refractivity contribution in [3.8, 4) is 11.5 Å². The molecular formula is C37H48Cl2N8O9. The number of nitrogens with zero attached hydrogens (tertiary/aromatic N) is 7. The lowest BCUT2D eigenvalue weighted by Gasteiger charge is -2.32. The summed E-state index contributed by atoms with van der Waals surface area (Å²) in [5, 5.41) is 15.3. The Balaban J connectivity index is 1.88. The molecule has 1 aromatic heterocycles. The minimum atomic E-state index is -1.12. The molecule has 304 valence electrons. The van der Waals surface area contributed by atoms with Crippen molar-refractivity contribution < 1.29 is 38.3 Å². The zero-order valence-electron chi connectivity index (χ0n) is 33.1. The van der Waals surface area contributed by atoms with E-state index in [4.69, 9.17) is 42.1 Å². The highest BCUT2D eigenvalue weighted by atomic mass is 35.5. The molecule has 1 saturated carbocycles. The van der Waals surface area contributed by atoms with Crippen LogP contribution < -0.4 is 29.5 Å². The second kappa shape index (κ2) is 17.8. The molecule has 3 aromatic rings. The van der Waals surface area contributed by atoms with Gasteiger partial charge in [0.2, 0.25) is 0 Å². The Morgan fingerprint density at radius 1 is 0.893 bits per heavy atom. The van der Waals surface area contributed by atoms with Gasteiger partial charge in [0.1, 0.15) is 62.1 Å². The van der Waals surface area contributed by atoms with Crippen molar-refractivity contribution in [2.75, 3.05) is 61.4 Å². The van der Waals surface area contributed by atoms with E-state index in [2.05, 4.69) is 15.3 Å². The van der Waals surface area contributed by atoms with Gasteiger partial charge in [-0.2, -0.15) is 4.90 Å². The molecule has 0 saturated heterocycles. The SMILES string of the molecule is COc1cc(OC)c(Cl)c(N(C(=O)OC(C)(C)C)C(=O)N(c2cc(N(C(=O)OC(C)(C)C)c3ccc(NCCCN(C)C)cc3[N+](=O)[O-])ncn2)C2CC2)c1Cl. The number of imide groups is 1. The second-order valence-corrected chi connectivity index (χ2v) is 15.8.